The van der Waals surface area contributed by atoms with E-state index in [9.17, 15) is 19.7 Å². The minimum atomic E-state index is -0.635. The number of nitrogens with zero attached hydrogens (tertiary/aromatic N) is 1. The van der Waals surface area contributed by atoms with E-state index in [1.807, 2.05) is 0 Å². The van der Waals surface area contributed by atoms with E-state index in [4.69, 9.17) is 16.3 Å². The number of rotatable bonds is 7. The van der Waals surface area contributed by atoms with Gasteiger partial charge in [0.1, 0.15) is 11.4 Å². The second-order valence-electron chi connectivity index (χ2n) is 7.12. The van der Waals surface area contributed by atoms with Crippen molar-refractivity contribution < 1.29 is 19.2 Å². The lowest BCUT2D eigenvalue weighted by molar-refractivity contribution is -0.384. The molecular formula is C24H19BrClN3O5. The van der Waals surface area contributed by atoms with Gasteiger partial charge in [0.2, 0.25) is 0 Å². The van der Waals surface area contributed by atoms with E-state index >= 15 is 0 Å². The summed E-state index contributed by atoms with van der Waals surface area (Å²) in [4.78, 5) is 36.8. The molecule has 0 aromatic heterocycles. The quantitative estimate of drug-likeness (QED) is 0.224. The average molecular weight is 545 g/mol. The highest BCUT2D eigenvalue weighted by Crippen LogP contribution is 2.24. The summed E-state index contributed by atoms with van der Waals surface area (Å²) in [6, 6.07) is 15.6. The van der Waals surface area contributed by atoms with Crippen molar-refractivity contribution in [3.63, 3.8) is 0 Å². The van der Waals surface area contributed by atoms with Crippen LogP contribution in [0.25, 0.3) is 6.08 Å². The first-order chi connectivity index (χ1) is 16.2. The molecule has 34 heavy (non-hydrogen) atoms. The van der Waals surface area contributed by atoms with Crippen LogP contribution in [0.15, 0.2) is 70.8 Å². The third-order valence-electron chi connectivity index (χ3n) is 4.75. The number of aryl methyl sites for hydroxylation is 1. The largest absolute Gasteiger partial charge is 0.497 e. The smallest absolute Gasteiger partial charge is 0.272 e. The van der Waals surface area contributed by atoms with Crippen LogP contribution in [0.2, 0.25) is 5.02 Å². The van der Waals surface area contributed by atoms with Gasteiger partial charge in [-0.05, 0) is 70.4 Å². The standard InChI is InChI=1S/C24H19BrClN3O5/c1-14-6-7-16(26)12-21(14)27-24(31)22(11-15-4-3-5-17(10-15)29(32)33)28-23(30)19-13-18(34-2)8-9-20(19)25/h3-13H,1-2H3,(H,27,31)(H,28,30)/b22-11+. The number of nitro benzene ring substituents is 1. The molecule has 0 unspecified atom stereocenters. The number of nitrogens with one attached hydrogen (secondary N) is 2. The van der Waals surface area contributed by atoms with Crippen LogP contribution >= 0.6 is 27.5 Å². The molecule has 174 valence electrons. The lowest BCUT2D eigenvalue weighted by Gasteiger charge is -2.14. The molecule has 2 amide bonds. The van der Waals surface area contributed by atoms with Gasteiger partial charge in [0.15, 0.2) is 0 Å². The van der Waals surface area contributed by atoms with Gasteiger partial charge in [0.05, 0.1) is 17.6 Å². The van der Waals surface area contributed by atoms with Crippen molar-refractivity contribution in [3.05, 3.63) is 103 Å². The van der Waals surface area contributed by atoms with Crippen LogP contribution in [0.5, 0.6) is 5.75 Å². The Morgan fingerprint density at radius 1 is 1.12 bits per heavy atom. The Balaban J connectivity index is 2.00. The van der Waals surface area contributed by atoms with Gasteiger partial charge in [0, 0.05) is 27.3 Å². The first-order valence-corrected chi connectivity index (χ1v) is 11.0. The Hall–Kier alpha value is -3.69. The van der Waals surface area contributed by atoms with Crippen LogP contribution in [0.1, 0.15) is 21.5 Å². The molecule has 3 aromatic rings. The SMILES string of the molecule is COc1ccc(Br)c(C(=O)N/C(=C/c2cccc([N+](=O)[O-])c2)C(=O)Nc2cc(Cl)ccc2C)c1. The van der Waals surface area contributed by atoms with Crippen LogP contribution in [0, 0.1) is 17.0 Å². The average Bonchev–Trinajstić information content (AvgIpc) is 2.81. The number of anilines is 1. The monoisotopic (exact) mass is 543 g/mol. The minimum absolute atomic E-state index is 0.125. The summed E-state index contributed by atoms with van der Waals surface area (Å²) in [5.41, 5.74) is 1.53. The summed E-state index contributed by atoms with van der Waals surface area (Å²) in [6.07, 6.45) is 1.36. The number of carbonyl (C=O) groups is 2. The van der Waals surface area contributed by atoms with Gasteiger partial charge < -0.3 is 15.4 Å². The molecule has 2 N–H and O–H groups in total. The second kappa shape index (κ2) is 11.0. The van der Waals surface area contributed by atoms with Gasteiger partial charge in [-0.15, -0.1) is 0 Å². The molecule has 0 saturated heterocycles. The molecule has 0 heterocycles. The van der Waals surface area contributed by atoms with Gasteiger partial charge >= 0.3 is 0 Å². The zero-order valence-electron chi connectivity index (χ0n) is 18.1. The van der Waals surface area contributed by atoms with Crippen LogP contribution < -0.4 is 15.4 Å². The summed E-state index contributed by atoms with van der Waals surface area (Å²) in [6.45, 7) is 1.79. The van der Waals surface area contributed by atoms with E-state index in [0.717, 1.165) is 5.56 Å². The number of benzene rings is 3. The van der Waals surface area contributed by atoms with E-state index in [1.165, 1.54) is 37.5 Å². The highest BCUT2D eigenvalue weighted by Gasteiger charge is 2.19. The molecule has 0 atom stereocenters. The number of ether oxygens (including phenoxy) is 1. The Morgan fingerprint density at radius 3 is 2.59 bits per heavy atom. The number of halogens is 2. The molecular weight excluding hydrogens is 526 g/mol. The molecule has 10 heteroatoms. The molecule has 0 bridgehead atoms. The van der Waals surface area contributed by atoms with Crippen LogP contribution in [0.4, 0.5) is 11.4 Å². The number of amides is 2. The summed E-state index contributed by atoms with van der Waals surface area (Å²) in [5.74, 6) is -0.763. The van der Waals surface area contributed by atoms with Crippen LogP contribution in [-0.4, -0.2) is 23.8 Å². The molecule has 0 aliphatic carbocycles. The van der Waals surface area contributed by atoms with Crippen molar-refractivity contribution >= 4 is 56.8 Å². The Labute approximate surface area is 208 Å². The number of nitro groups is 1. The van der Waals surface area contributed by atoms with E-state index in [2.05, 4.69) is 26.6 Å². The maximum Gasteiger partial charge on any atom is 0.272 e. The molecule has 8 nitrogen and oxygen atoms in total. The highest BCUT2D eigenvalue weighted by atomic mass is 79.9. The summed E-state index contributed by atoms with van der Waals surface area (Å²) in [5, 5.41) is 16.9. The molecule has 0 aliphatic heterocycles. The van der Waals surface area contributed by atoms with Gasteiger partial charge in [-0.3, -0.25) is 19.7 Å². The topological polar surface area (TPSA) is 111 Å². The molecule has 0 fully saturated rings. The molecule has 0 spiro atoms. The summed E-state index contributed by atoms with van der Waals surface area (Å²) >= 11 is 9.38. The molecule has 0 radical (unpaired) electrons. The Bertz CT molecular complexity index is 1310. The van der Waals surface area contributed by atoms with Crippen molar-refractivity contribution in [2.75, 3.05) is 12.4 Å². The first-order valence-electron chi connectivity index (χ1n) is 9.86. The first kappa shape index (κ1) is 24.9. The van der Waals surface area contributed by atoms with Crippen molar-refractivity contribution in [1.82, 2.24) is 5.32 Å². The zero-order chi connectivity index (χ0) is 24.8. The van der Waals surface area contributed by atoms with Crippen molar-refractivity contribution in [3.8, 4) is 5.75 Å². The predicted octanol–water partition coefficient (Wildman–Crippen LogP) is 5.74. The van der Waals surface area contributed by atoms with Gasteiger partial charge in [-0.1, -0.05) is 29.8 Å². The maximum absolute atomic E-state index is 13.2. The van der Waals surface area contributed by atoms with E-state index in [-0.39, 0.29) is 16.9 Å². The predicted molar refractivity (Wildman–Crippen MR) is 134 cm³/mol. The van der Waals surface area contributed by atoms with E-state index < -0.39 is 16.7 Å². The highest BCUT2D eigenvalue weighted by molar-refractivity contribution is 9.10. The minimum Gasteiger partial charge on any atom is -0.497 e. The fraction of sp³-hybridized carbons (Fsp3) is 0.0833. The van der Waals surface area contributed by atoms with Crippen LogP contribution in [-0.2, 0) is 4.79 Å². The third-order valence-corrected chi connectivity index (χ3v) is 5.68. The third kappa shape index (κ3) is 6.21. The van der Waals surface area contributed by atoms with Crippen molar-refractivity contribution in [2.45, 2.75) is 6.92 Å². The fourth-order valence-electron chi connectivity index (χ4n) is 2.97. The molecule has 0 aliphatic rings. The van der Waals surface area contributed by atoms with Crippen molar-refractivity contribution in [2.24, 2.45) is 0 Å². The Morgan fingerprint density at radius 2 is 1.88 bits per heavy atom. The normalized spacial score (nSPS) is 11.0. The fourth-order valence-corrected chi connectivity index (χ4v) is 3.57. The van der Waals surface area contributed by atoms with E-state index in [0.29, 0.717) is 26.5 Å². The molecule has 0 saturated carbocycles. The molecule has 3 rings (SSSR count). The van der Waals surface area contributed by atoms with Crippen LogP contribution in [0.3, 0.4) is 0 Å². The number of non-ortho nitro benzene ring substituents is 1. The maximum atomic E-state index is 13.2. The molecule has 3 aromatic carbocycles. The zero-order valence-corrected chi connectivity index (χ0v) is 20.4. The van der Waals surface area contributed by atoms with Crippen molar-refractivity contribution in [1.29, 1.82) is 0 Å². The number of carbonyl (C=O) groups excluding carboxylic acids is 2. The lowest BCUT2D eigenvalue weighted by Crippen LogP contribution is -2.31. The second-order valence-corrected chi connectivity index (χ2v) is 8.41. The van der Waals surface area contributed by atoms with Gasteiger partial charge in [-0.2, -0.15) is 0 Å². The number of methoxy groups -OCH3 is 1. The summed E-state index contributed by atoms with van der Waals surface area (Å²) in [7, 11) is 1.47. The number of hydrogen-bond donors (Lipinski definition) is 2. The summed E-state index contributed by atoms with van der Waals surface area (Å²) < 4.78 is 5.67. The van der Waals surface area contributed by atoms with E-state index in [1.54, 1.807) is 43.3 Å². The number of hydrogen-bond acceptors (Lipinski definition) is 5. The Kier molecular flexibility index (Phi) is 8.04. The van der Waals surface area contributed by atoms with Gasteiger partial charge in [0.25, 0.3) is 17.5 Å². The lowest BCUT2D eigenvalue weighted by atomic mass is 10.1. The van der Waals surface area contributed by atoms with Gasteiger partial charge in [-0.25, -0.2) is 0 Å².